The topological polar surface area (TPSA) is 49.9 Å². The Morgan fingerprint density at radius 2 is 1.59 bits per heavy atom. The summed E-state index contributed by atoms with van der Waals surface area (Å²) >= 11 is 0. The molecule has 2 fully saturated rings. The lowest BCUT2D eigenvalue weighted by Crippen LogP contribution is -2.49. The van der Waals surface area contributed by atoms with Gasteiger partial charge in [-0.05, 0) is 30.7 Å². The highest BCUT2D eigenvalue weighted by Crippen LogP contribution is 2.34. The van der Waals surface area contributed by atoms with Crippen molar-refractivity contribution in [2.24, 2.45) is 5.41 Å². The van der Waals surface area contributed by atoms with Gasteiger partial charge in [-0.25, -0.2) is 0 Å². The van der Waals surface area contributed by atoms with Gasteiger partial charge in [0.05, 0.1) is 18.9 Å². The molecule has 1 aromatic carbocycles. The van der Waals surface area contributed by atoms with Gasteiger partial charge in [-0.15, -0.1) is 0 Å². The van der Waals surface area contributed by atoms with Crippen LogP contribution in [0, 0.1) is 5.41 Å². The maximum Gasteiger partial charge on any atom is 0.239 e. The molecule has 0 spiro atoms. The third-order valence-corrected chi connectivity index (χ3v) is 4.48. The molecule has 2 aliphatic heterocycles. The molecule has 0 unspecified atom stereocenters. The molecule has 0 bridgehead atoms. The lowest BCUT2D eigenvalue weighted by molar-refractivity contribution is -0.136. The van der Waals surface area contributed by atoms with Crippen LogP contribution in [0.4, 0.5) is 11.4 Å². The van der Waals surface area contributed by atoms with Gasteiger partial charge in [-0.3, -0.25) is 14.5 Å². The molecule has 118 valence electrons. The van der Waals surface area contributed by atoms with Crippen molar-refractivity contribution >= 4 is 23.2 Å². The number of benzene rings is 1. The number of ether oxygens (including phenoxy) is 1. The smallest absolute Gasteiger partial charge is 0.239 e. The Bertz CT molecular complexity index is 574. The van der Waals surface area contributed by atoms with Crippen molar-refractivity contribution in [1.29, 1.82) is 0 Å². The summed E-state index contributed by atoms with van der Waals surface area (Å²) in [6.45, 7) is 7.01. The quantitative estimate of drug-likeness (QED) is 0.786. The van der Waals surface area contributed by atoms with E-state index in [-0.39, 0.29) is 11.8 Å². The number of amides is 2. The molecule has 2 amide bonds. The second kappa shape index (κ2) is 5.72. The first-order valence-corrected chi connectivity index (χ1v) is 7.79. The van der Waals surface area contributed by atoms with Gasteiger partial charge in [0.25, 0.3) is 0 Å². The number of piperidine rings is 1. The Balaban J connectivity index is 1.82. The van der Waals surface area contributed by atoms with Gasteiger partial charge in [0.15, 0.2) is 0 Å². The van der Waals surface area contributed by atoms with Gasteiger partial charge in [-0.2, -0.15) is 0 Å². The molecule has 2 saturated heterocycles. The maximum absolute atomic E-state index is 12.5. The summed E-state index contributed by atoms with van der Waals surface area (Å²) in [7, 11) is 0. The molecule has 2 heterocycles. The number of anilines is 2. The fourth-order valence-electron chi connectivity index (χ4n) is 2.95. The zero-order valence-corrected chi connectivity index (χ0v) is 13.2. The summed E-state index contributed by atoms with van der Waals surface area (Å²) < 4.78 is 5.35. The normalized spacial score (nSPS) is 22.1. The van der Waals surface area contributed by atoms with E-state index in [2.05, 4.69) is 4.90 Å². The van der Waals surface area contributed by atoms with Gasteiger partial charge >= 0.3 is 0 Å². The summed E-state index contributed by atoms with van der Waals surface area (Å²) in [5, 5.41) is 0. The van der Waals surface area contributed by atoms with Crippen molar-refractivity contribution in [3.63, 3.8) is 0 Å². The van der Waals surface area contributed by atoms with E-state index in [9.17, 15) is 9.59 Å². The van der Waals surface area contributed by atoms with Crippen LogP contribution in [-0.2, 0) is 14.3 Å². The third kappa shape index (κ3) is 2.73. The fraction of sp³-hybridized carbons (Fsp3) is 0.529. The molecule has 0 N–H and O–H groups in total. The highest BCUT2D eigenvalue weighted by Gasteiger charge is 2.40. The summed E-state index contributed by atoms with van der Waals surface area (Å²) in [4.78, 5) is 28.3. The number of rotatable bonds is 2. The molecule has 1 aromatic rings. The Labute approximate surface area is 130 Å². The average molecular weight is 302 g/mol. The standard InChI is InChI=1S/C17H22N2O3/c1-17(2)8-7-15(20)19(16(17)21)14-5-3-13(4-6-14)18-9-11-22-12-10-18/h3-6H,7-12H2,1-2H3. The lowest BCUT2D eigenvalue weighted by Gasteiger charge is -2.36. The van der Waals surface area contributed by atoms with Gasteiger partial charge in [0.1, 0.15) is 0 Å². The van der Waals surface area contributed by atoms with Crippen molar-refractivity contribution in [2.45, 2.75) is 26.7 Å². The molecule has 2 aliphatic rings. The molecule has 0 atom stereocenters. The van der Waals surface area contributed by atoms with E-state index in [1.165, 1.54) is 4.90 Å². The van der Waals surface area contributed by atoms with Crippen LogP contribution in [-0.4, -0.2) is 38.1 Å². The molecule has 3 rings (SSSR count). The van der Waals surface area contributed by atoms with Gasteiger partial charge in [0, 0.05) is 30.6 Å². The highest BCUT2D eigenvalue weighted by atomic mass is 16.5. The minimum absolute atomic E-state index is 0.108. The van der Waals surface area contributed by atoms with E-state index < -0.39 is 5.41 Å². The Morgan fingerprint density at radius 3 is 2.23 bits per heavy atom. The van der Waals surface area contributed by atoms with Crippen LogP contribution in [0.3, 0.4) is 0 Å². The van der Waals surface area contributed by atoms with E-state index in [0.717, 1.165) is 32.0 Å². The molecule has 0 aromatic heterocycles. The van der Waals surface area contributed by atoms with Gasteiger partial charge in [0.2, 0.25) is 11.8 Å². The van der Waals surface area contributed by atoms with E-state index in [4.69, 9.17) is 4.74 Å². The van der Waals surface area contributed by atoms with Crippen LogP contribution >= 0.6 is 0 Å². The zero-order valence-electron chi connectivity index (χ0n) is 13.2. The van der Waals surface area contributed by atoms with E-state index in [0.29, 0.717) is 18.5 Å². The number of nitrogens with zero attached hydrogens (tertiary/aromatic N) is 2. The Kier molecular flexibility index (Phi) is 3.91. The van der Waals surface area contributed by atoms with Crippen LogP contribution in [0.1, 0.15) is 26.7 Å². The van der Waals surface area contributed by atoms with Crippen molar-refractivity contribution in [2.75, 3.05) is 36.1 Å². The minimum atomic E-state index is -0.475. The second-order valence-electron chi connectivity index (χ2n) is 6.53. The molecule has 0 radical (unpaired) electrons. The number of carbonyl (C=O) groups excluding carboxylic acids is 2. The molecule has 5 heteroatoms. The van der Waals surface area contributed by atoms with Crippen molar-refractivity contribution in [3.05, 3.63) is 24.3 Å². The predicted molar refractivity (Wildman–Crippen MR) is 85.0 cm³/mol. The van der Waals surface area contributed by atoms with Crippen LogP contribution in [0.25, 0.3) is 0 Å². The van der Waals surface area contributed by atoms with Crippen LogP contribution < -0.4 is 9.80 Å². The number of imide groups is 1. The minimum Gasteiger partial charge on any atom is -0.378 e. The van der Waals surface area contributed by atoms with Crippen molar-refractivity contribution in [3.8, 4) is 0 Å². The molecule has 0 saturated carbocycles. The highest BCUT2D eigenvalue weighted by molar-refractivity contribution is 6.18. The first-order valence-electron chi connectivity index (χ1n) is 7.79. The second-order valence-corrected chi connectivity index (χ2v) is 6.53. The SMILES string of the molecule is CC1(C)CCC(=O)N(c2ccc(N3CCOCC3)cc2)C1=O. The Hall–Kier alpha value is -1.88. The van der Waals surface area contributed by atoms with E-state index in [1.807, 2.05) is 38.1 Å². The van der Waals surface area contributed by atoms with E-state index in [1.54, 1.807) is 0 Å². The largest absolute Gasteiger partial charge is 0.378 e. The van der Waals surface area contributed by atoms with Gasteiger partial charge < -0.3 is 9.64 Å². The number of carbonyl (C=O) groups is 2. The van der Waals surface area contributed by atoms with Gasteiger partial charge in [-0.1, -0.05) is 13.8 Å². The number of morpholine rings is 1. The Morgan fingerprint density at radius 1 is 1.00 bits per heavy atom. The molecule has 0 aliphatic carbocycles. The average Bonchev–Trinajstić information content (AvgIpc) is 2.53. The summed E-state index contributed by atoms with van der Waals surface area (Å²) in [5.41, 5.74) is 1.29. The first kappa shape index (κ1) is 15.0. The fourth-order valence-corrected chi connectivity index (χ4v) is 2.95. The van der Waals surface area contributed by atoms with Crippen LogP contribution in [0.15, 0.2) is 24.3 Å². The molecule has 5 nitrogen and oxygen atoms in total. The maximum atomic E-state index is 12.5. The summed E-state index contributed by atoms with van der Waals surface area (Å²) in [6, 6.07) is 7.68. The monoisotopic (exact) mass is 302 g/mol. The third-order valence-electron chi connectivity index (χ3n) is 4.48. The zero-order chi connectivity index (χ0) is 15.7. The van der Waals surface area contributed by atoms with E-state index >= 15 is 0 Å². The lowest BCUT2D eigenvalue weighted by atomic mass is 9.82. The van der Waals surface area contributed by atoms with Crippen molar-refractivity contribution < 1.29 is 14.3 Å². The number of hydrogen-bond acceptors (Lipinski definition) is 4. The summed E-state index contributed by atoms with van der Waals surface area (Å²) in [6.07, 6.45) is 1.04. The molecule has 22 heavy (non-hydrogen) atoms. The van der Waals surface area contributed by atoms with Crippen molar-refractivity contribution in [1.82, 2.24) is 0 Å². The van der Waals surface area contributed by atoms with Crippen LogP contribution in [0.5, 0.6) is 0 Å². The summed E-state index contributed by atoms with van der Waals surface area (Å²) in [5.74, 6) is -0.216. The molecular formula is C17H22N2O3. The number of hydrogen-bond donors (Lipinski definition) is 0. The van der Waals surface area contributed by atoms with Crippen LogP contribution in [0.2, 0.25) is 0 Å². The first-order chi connectivity index (χ1) is 10.5. The molecular weight excluding hydrogens is 280 g/mol. The predicted octanol–water partition coefficient (Wildman–Crippen LogP) is 2.20.